The van der Waals surface area contributed by atoms with Crippen LogP contribution in [0.4, 0.5) is 0 Å². The van der Waals surface area contributed by atoms with E-state index in [1.54, 1.807) is 36.7 Å². The first-order chi connectivity index (χ1) is 16.6. The minimum absolute atomic E-state index is 0.0490. The van der Waals surface area contributed by atoms with Crippen molar-refractivity contribution < 1.29 is 9.53 Å². The number of amides is 1. The predicted octanol–water partition coefficient (Wildman–Crippen LogP) is 5.16. The van der Waals surface area contributed by atoms with Crippen LogP contribution in [0, 0.1) is 18.3 Å². The van der Waals surface area contributed by atoms with E-state index in [2.05, 4.69) is 54.6 Å². The fourth-order valence-corrected chi connectivity index (χ4v) is 5.14. The van der Waals surface area contributed by atoms with Gasteiger partial charge in [-0.25, -0.2) is 0 Å². The number of nitrogens with zero attached hydrogens (tertiary/aromatic N) is 3. The normalized spacial score (nSPS) is 16.8. The van der Waals surface area contributed by atoms with E-state index >= 15 is 0 Å². The zero-order valence-electron chi connectivity index (χ0n) is 20.8. The molecule has 1 aliphatic rings. The zero-order valence-corrected chi connectivity index (χ0v) is 20.8. The van der Waals surface area contributed by atoms with Gasteiger partial charge in [-0.1, -0.05) is 12.1 Å². The number of aryl methyl sites for hydroxylation is 1. The summed E-state index contributed by atoms with van der Waals surface area (Å²) in [6.45, 7) is 10.6. The van der Waals surface area contributed by atoms with Crippen molar-refractivity contribution in [2.24, 2.45) is 0 Å². The van der Waals surface area contributed by atoms with Crippen molar-refractivity contribution in [3.05, 3.63) is 71.5 Å². The number of carbonyl (C=O) groups is 1. The summed E-state index contributed by atoms with van der Waals surface area (Å²) in [7, 11) is 0. The number of aromatic nitrogens is 2. The molecule has 4 rings (SSSR count). The van der Waals surface area contributed by atoms with Crippen LogP contribution in [0.3, 0.4) is 0 Å². The highest BCUT2D eigenvalue weighted by Gasteiger charge is 2.38. The largest absolute Gasteiger partial charge is 0.456 e. The van der Waals surface area contributed by atoms with Gasteiger partial charge in [0.1, 0.15) is 23.1 Å². The molecule has 2 aromatic carbocycles. The highest BCUT2D eigenvalue weighted by molar-refractivity contribution is 5.94. The van der Waals surface area contributed by atoms with E-state index in [1.165, 1.54) is 0 Å². The zero-order chi connectivity index (χ0) is 25.2. The lowest BCUT2D eigenvalue weighted by atomic mass is 9.79. The number of nitrogens with one attached hydrogen (secondary N) is 2. The van der Waals surface area contributed by atoms with Gasteiger partial charge in [-0.05, 0) is 83.4 Å². The quantitative estimate of drug-likeness (QED) is 0.536. The first kappa shape index (κ1) is 24.4. The molecule has 7 heteroatoms. The molecular formula is C28H31N5O2. The molecule has 2 heterocycles. The Morgan fingerprint density at radius 1 is 1.09 bits per heavy atom. The molecule has 180 valence electrons. The molecule has 1 aromatic heterocycles. The van der Waals surface area contributed by atoms with E-state index in [4.69, 9.17) is 4.74 Å². The molecule has 35 heavy (non-hydrogen) atoms. The van der Waals surface area contributed by atoms with Crippen molar-refractivity contribution in [2.75, 3.05) is 0 Å². The van der Waals surface area contributed by atoms with Crippen LogP contribution in [-0.2, 0) is 0 Å². The van der Waals surface area contributed by atoms with Gasteiger partial charge in [-0.2, -0.15) is 15.5 Å². The van der Waals surface area contributed by atoms with Gasteiger partial charge in [0.15, 0.2) is 0 Å². The summed E-state index contributed by atoms with van der Waals surface area (Å²) in [6, 6.07) is 15.0. The Balaban J connectivity index is 1.53. The molecule has 0 bridgehead atoms. The molecule has 7 nitrogen and oxygen atoms in total. The number of hydrogen-bond acceptors (Lipinski definition) is 6. The van der Waals surface area contributed by atoms with E-state index < -0.39 is 0 Å². The van der Waals surface area contributed by atoms with Crippen molar-refractivity contribution in [1.29, 1.82) is 5.26 Å². The van der Waals surface area contributed by atoms with Crippen molar-refractivity contribution in [3.8, 4) is 28.7 Å². The number of nitriles is 1. The Morgan fingerprint density at radius 2 is 1.83 bits per heavy atom. The van der Waals surface area contributed by atoms with Crippen LogP contribution in [-0.4, -0.2) is 33.2 Å². The summed E-state index contributed by atoms with van der Waals surface area (Å²) in [5.74, 6) is 0.941. The van der Waals surface area contributed by atoms with E-state index in [0.29, 0.717) is 22.6 Å². The average molecular weight is 470 g/mol. The van der Waals surface area contributed by atoms with Crippen molar-refractivity contribution in [2.45, 2.75) is 64.6 Å². The van der Waals surface area contributed by atoms with Crippen LogP contribution < -0.4 is 15.4 Å². The molecule has 1 fully saturated rings. The molecule has 0 saturated carbocycles. The van der Waals surface area contributed by atoms with E-state index in [0.717, 1.165) is 29.5 Å². The summed E-state index contributed by atoms with van der Waals surface area (Å²) in [5.41, 5.74) is 3.22. The Morgan fingerprint density at radius 3 is 2.46 bits per heavy atom. The molecule has 1 amide bonds. The molecule has 0 unspecified atom stereocenters. The lowest BCUT2D eigenvalue weighted by molar-refractivity contribution is 0.0873. The van der Waals surface area contributed by atoms with Crippen LogP contribution in [0.25, 0.3) is 11.1 Å². The molecule has 0 atom stereocenters. The van der Waals surface area contributed by atoms with Gasteiger partial charge in [0, 0.05) is 33.8 Å². The lowest BCUT2D eigenvalue weighted by Crippen LogP contribution is -2.62. The molecule has 1 saturated heterocycles. The fourth-order valence-electron chi connectivity index (χ4n) is 5.14. The fraction of sp³-hybridized carbons (Fsp3) is 0.357. The van der Waals surface area contributed by atoms with Gasteiger partial charge in [-0.3, -0.25) is 4.79 Å². The Hall–Kier alpha value is -3.76. The minimum atomic E-state index is -0.0944. The molecule has 3 aromatic rings. The standard InChI is InChI=1S/C28H31N5O2/c1-18-13-19(26(34)32-21-14-27(2,3)33-28(4,5)15-21)9-10-24(18)35-25-8-6-7-22(23(25)16-29)20-11-12-30-31-17-20/h6-13,17,21,33H,14-15H2,1-5H3,(H,32,34). The third-order valence-corrected chi connectivity index (χ3v) is 6.22. The predicted molar refractivity (Wildman–Crippen MR) is 135 cm³/mol. The maximum Gasteiger partial charge on any atom is 0.251 e. The van der Waals surface area contributed by atoms with Gasteiger partial charge in [0.25, 0.3) is 5.91 Å². The Kier molecular flexibility index (Phi) is 6.60. The van der Waals surface area contributed by atoms with Gasteiger partial charge in [0.2, 0.25) is 0 Å². The number of benzene rings is 2. The molecule has 0 spiro atoms. The summed E-state index contributed by atoms with van der Waals surface area (Å²) in [6.07, 6.45) is 4.93. The average Bonchev–Trinajstić information content (AvgIpc) is 2.78. The van der Waals surface area contributed by atoms with Gasteiger partial charge < -0.3 is 15.4 Å². The molecule has 0 radical (unpaired) electrons. The first-order valence-corrected chi connectivity index (χ1v) is 11.8. The van der Waals surface area contributed by atoms with Crippen molar-refractivity contribution in [3.63, 3.8) is 0 Å². The number of hydrogen-bond donors (Lipinski definition) is 2. The number of carbonyl (C=O) groups excluding carboxylic acids is 1. The number of piperidine rings is 1. The SMILES string of the molecule is Cc1cc(C(=O)NC2CC(C)(C)NC(C)(C)C2)ccc1Oc1cccc(-c2ccnnc2)c1C#N. The third-order valence-electron chi connectivity index (χ3n) is 6.22. The summed E-state index contributed by atoms with van der Waals surface area (Å²) in [5, 5.41) is 24.4. The molecule has 0 aliphatic carbocycles. The smallest absolute Gasteiger partial charge is 0.251 e. The summed E-state index contributed by atoms with van der Waals surface area (Å²) >= 11 is 0. The van der Waals surface area contributed by atoms with Crippen LogP contribution in [0.2, 0.25) is 0 Å². The second-order valence-corrected chi connectivity index (χ2v) is 10.5. The molecule has 2 N–H and O–H groups in total. The second kappa shape index (κ2) is 9.47. The monoisotopic (exact) mass is 469 g/mol. The van der Waals surface area contributed by atoms with Crippen LogP contribution in [0.1, 0.15) is 62.0 Å². The van der Waals surface area contributed by atoms with Crippen molar-refractivity contribution >= 4 is 5.91 Å². The minimum Gasteiger partial charge on any atom is -0.456 e. The van der Waals surface area contributed by atoms with Crippen LogP contribution >= 0.6 is 0 Å². The Labute approximate surface area is 206 Å². The number of ether oxygens (including phenoxy) is 1. The van der Waals surface area contributed by atoms with E-state index in [1.807, 2.05) is 25.1 Å². The second-order valence-electron chi connectivity index (χ2n) is 10.5. The van der Waals surface area contributed by atoms with Gasteiger partial charge in [-0.15, -0.1) is 0 Å². The molecular weight excluding hydrogens is 438 g/mol. The van der Waals surface area contributed by atoms with Crippen LogP contribution in [0.5, 0.6) is 11.5 Å². The third kappa shape index (κ3) is 5.67. The van der Waals surface area contributed by atoms with Crippen molar-refractivity contribution in [1.82, 2.24) is 20.8 Å². The van der Waals surface area contributed by atoms with Crippen LogP contribution in [0.15, 0.2) is 54.9 Å². The molecule has 1 aliphatic heterocycles. The van der Waals surface area contributed by atoms with Gasteiger partial charge in [0.05, 0.1) is 12.4 Å². The first-order valence-electron chi connectivity index (χ1n) is 11.8. The highest BCUT2D eigenvalue weighted by Crippen LogP contribution is 2.34. The summed E-state index contributed by atoms with van der Waals surface area (Å²) in [4.78, 5) is 13.0. The maximum atomic E-state index is 13.0. The van der Waals surface area contributed by atoms with E-state index in [9.17, 15) is 10.1 Å². The Bertz CT molecular complexity index is 1260. The maximum absolute atomic E-state index is 13.0. The van der Waals surface area contributed by atoms with Gasteiger partial charge >= 0.3 is 0 Å². The summed E-state index contributed by atoms with van der Waals surface area (Å²) < 4.78 is 6.13. The lowest BCUT2D eigenvalue weighted by Gasteiger charge is -2.46. The number of rotatable bonds is 5. The van der Waals surface area contributed by atoms with E-state index in [-0.39, 0.29) is 23.0 Å². The highest BCUT2D eigenvalue weighted by atomic mass is 16.5. The topological polar surface area (TPSA) is 99.9 Å².